The number of rotatable bonds is 9. The molecule has 0 aliphatic carbocycles. The number of unbranched alkanes of at least 4 members (excludes halogenated alkanes) is 3. The van der Waals surface area contributed by atoms with E-state index in [2.05, 4.69) is 41.4 Å². The van der Waals surface area contributed by atoms with Crippen LogP contribution in [0.2, 0.25) is 0 Å². The summed E-state index contributed by atoms with van der Waals surface area (Å²) in [4.78, 5) is 10.3. The Morgan fingerprint density at radius 2 is 2.05 bits per heavy atom. The Morgan fingerprint density at radius 3 is 2.70 bits per heavy atom. The van der Waals surface area contributed by atoms with Crippen LogP contribution in [-0.4, -0.2) is 24.0 Å². The van der Waals surface area contributed by atoms with Crippen LogP contribution < -0.4 is 10.6 Å². The molecule has 0 fully saturated rings. The summed E-state index contributed by atoms with van der Waals surface area (Å²) >= 11 is 1.75. The van der Waals surface area contributed by atoms with Gasteiger partial charge in [0.2, 0.25) is 0 Å². The lowest BCUT2D eigenvalue weighted by molar-refractivity contribution is 0.647. The summed E-state index contributed by atoms with van der Waals surface area (Å²) in [5, 5.41) is 7.75. The lowest BCUT2D eigenvalue weighted by atomic mass is 10.2. The van der Waals surface area contributed by atoms with E-state index in [1.54, 1.807) is 11.3 Å². The largest absolute Gasteiger partial charge is 0.357 e. The van der Waals surface area contributed by atoms with E-state index in [4.69, 9.17) is 0 Å². The average molecular weight is 296 g/mol. The Hall–Kier alpha value is -1.10. The Kier molecular flexibility index (Phi) is 9.04. The van der Waals surface area contributed by atoms with Crippen molar-refractivity contribution in [2.45, 2.75) is 59.4 Å². The first-order valence-electron chi connectivity index (χ1n) is 7.75. The number of thiazole rings is 1. The molecule has 0 saturated heterocycles. The quantitative estimate of drug-likeness (QED) is 0.417. The molecule has 0 atom stereocenters. The van der Waals surface area contributed by atoms with E-state index in [0.29, 0.717) is 6.54 Å². The van der Waals surface area contributed by atoms with Gasteiger partial charge in [-0.3, -0.25) is 0 Å². The molecule has 2 N–H and O–H groups in total. The van der Waals surface area contributed by atoms with Gasteiger partial charge < -0.3 is 10.6 Å². The molecule has 20 heavy (non-hydrogen) atoms. The lowest BCUT2D eigenvalue weighted by Gasteiger charge is -2.10. The molecule has 114 valence electrons. The zero-order valence-corrected chi connectivity index (χ0v) is 13.9. The fraction of sp³-hybridized carbons (Fsp3) is 0.733. The van der Waals surface area contributed by atoms with E-state index in [1.165, 1.54) is 30.6 Å². The third-order valence-corrected chi connectivity index (χ3v) is 4.12. The molecule has 0 aliphatic rings. The van der Waals surface area contributed by atoms with Crippen molar-refractivity contribution in [2.24, 2.45) is 4.99 Å². The van der Waals surface area contributed by atoms with E-state index in [0.717, 1.165) is 30.5 Å². The first kappa shape index (κ1) is 17.0. The smallest absolute Gasteiger partial charge is 0.191 e. The molecule has 0 radical (unpaired) electrons. The second-order valence-corrected chi connectivity index (χ2v) is 5.96. The summed E-state index contributed by atoms with van der Waals surface area (Å²) in [5.74, 6) is 0.900. The van der Waals surface area contributed by atoms with Crippen LogP contribution in [0.1, 0.15) is 56.3 Å². The van der Waals surface area contributed by atoms with Crippen LogP contribution >= 0.6 is 11.3 Å². The number of hydrogen-bond acceptors (Lipinski definition) is 3. The summed E-state index contributed by atoms with van der Waals surface area (Å²) in [6, 6.07) is 0. The van der Waals surface area contributed by atoms with Gasteiger partial charge in [0.15, 0.2) is 5.96 Å². The standard InChI is InChI=1S/C15H28N4S/c1-4-7-8-9-10-17-15(16-6-3)19-12-14-18-11-13(5-2)20-14/h11H,4-10,12H2,1-3H3,(H2,16,17,19). The average Bonchev–Trinajstić information content (AvgIpc) is 2.92. The van der Waals surface area contributed by atoms with Crippen molar-refractivity contribution in [1.29, 1.82) is 0 Å². The minimum absolute atomic E-state index is 0.662. The van der Waals surface area contributed by atoms with E-state index in [9.17, 15) is 0 Å². The van der Waals surface area contributed by atoms with Crippen molar-refractivity contribution in [2.75, 3.05) is 13.1 Å². The van der Waals surface area contributed by atoms with Crippen molar-refractivity contribution in [3.8, 4) is 0 Å². The Labute approximate surface area is 127 Å². The molecule has 0 bridgehead atoms. The summed E-state index contributed by atoms with van der Waals surface area (Å²) in [6.07, 6.45) is 8.09. The number of aliphatic imine (C=N–C) groups is 1. The molecule has 0 aromatic carbocycles. The molecule has 5 heteroatoms. The highest BCUT2D eigenvalue weighted by Gasteiger charge is 2.01. The normalized spacial score (nSPS) is 11.7. The zero-order valence-electron chi connectivity index (χ0n) is 13.0. The fourth-order valence-electron chi connectivity index (χ4n) is 1.83. The van der Waals surface area contributed by atoms with E-state index < -0.39 is 0 Å². The van der Waals surface area contributed by atoms with Gasteiger partial charge in [-0.15, -0.1) is 11.3 Å². The molecule has 0 spiro atoms. The summed E-state index contributed by atoms with van der Waals surface area (Å²) in [7, 11) is 0. The van der Waals surface area contributed by atoms with Crippen molar-refractivity contribution in [3.63, 3.8) is 0 Å². The van der Waals surface area contributed by atoms with Crippen LogP contribution in [0.4, 0.5) is 0 Å². The van der Waals surface area contributed by atoms with Gasteiger partial charge >= 0.3 is 0 Å². The van der Waals surface area contributed by atoms with Gasteiger partial charge in [0.1, 0.15) is 5.01 Å². The number of nitrogens with one attached hydrogen (secondary N) is 2. The van der Waals surface area contributed by atoms with Crippen LogP contribution in [0.5, 0.6) is 0 Å². The number of nitrogens with zero attached hydrogens (tertiary/aromatic N) is 2. The first-order chi connectivity index (χ1) is 9.80. The second kappa shape index (κ2) is 10.7. The molecular formula is C15H28N4S. The van der Waals surface area contributed by atoms with E-state index >= 15 is 0 Å². The van der Waals surface area contributed by atoms with Gasteiger partial charge in [0.25, 0.3) is 0 Å². The van der Waals surface area contributed by atoms with Crippen LogP contribution in [0.25, 0.3) is 0 Å². The van der Waals surface area contributed by atoms with Crippen molar-refractivity contribution in [3.05, 3.63) is 16.1 Å². The molecule has 1 aromatic rings. The van der Waals surface area contributed by atoms with Gasteiger partial charge in [0.05, 0.1) is 6.54 Å². The van der Waals surface area contributed by atoms with Crippen molar-refractivity contribution < 1.29 is 0 Å². The van der Waals surface area contributed by atoms with Gasteiger partial charge in [0, 0.05) is 24.2 Å². The first-order valence-corrected chi connectivity index (χ1v) is 8.57. The van der Waals surface area contributed by atoms with E-state index in [-0.39, 0.29) is 0 Å². The fourth-order valence-corrected chi connectivity index (χ4v) is 2.62. The van der Waals surface area contributed by atoms with Crippen LogP contribution in [-0.2, 0) is 13.0 Å². The molecule has 0 amide bonds. The van der Waals surface area contributed by atoms with Crippen molar-refractivity contribution in [1.82, 2.24) is 15.6 Å². The lowest BCUT2D eigenvalue weighted by Crippen LogP contribution is -2.37. The third kappa shape index (κ3) is 6.89. The Bertz CT molecular complexity index is 387. The minimum atomic E-state index is 0.662. The van der Waals surface area contributed by atoms with Crippen molar-refractivity contribution >= 4 is 17.3 Å². The predicted octanol–water partition coefficient (Wildman–Crippen LogP) is 3.34. The Balaban J connectivity index is 2.37. The minimum Gasteiger partial charge on any atom is -0.357 e. The molecule has 0 aliphatic heterocycles. The molecule has 0 unspecified atom stereocenters. The predicted molar refractivity (Wildman–Crippen MR) is 88.5 cm³/mol. The van der Waals surface area contributed by atoms with Crippen LogP contribution in [0.3, 0.4) is 0 Å². The molecule has 0 saturated carbocycles. The monoisotopic (exact) mass is 296 g/mol. The maximum atomic E-state index is 4.59. The van der Waals surface area contributed by atoms with Crippen LogP contribution in [0.15, 0.2) is 11.2 Å². The summed E-state index contributed by atoms with van der Waals surface area (Å²) in [5.41, 5.74) is 0. The van der Waals surface area contributed by atoms with Gasteiger partial charge in [-0.2, -0.15) is 0 Å². The summed E-state index contributed by atoms with van der Waals surface area (Å²) in [6.45, 7) is 9.02. The third-order valence-electron chi connectivity index (χ3n) is 2.99. The number of aryl methyl sites for hydroxylation is 1. The highest BCUT2D eigenvalue weighted by Crippen LogP contribution is 2.13. The SMILES string of the molecule is CCCCCCNC(=NCc1ncc(CC)s1)NCC. The van der Waals surface area contributed by atoms with Gasteiger partial charge in [-0.25, -0.2) is 9.98 Å². The van der Waals surface area contributed by atoms with Gasteiger partial charge in [-0.1, -0.05) is 33.1 Å². The number of aromatic nitrogens is 1. The molecule has 1 rings (SSSR count). The molecule has 4 nitrogen and oxygen atoms in total. The van der Waals surface area contributed by atoms with Gasteiger partial charge in [-0.05, 0) is 19.8 Å². The number of hydrogen-bond donors (Lipinski definition) is 2. The highest BCUT2D eigenvalue weighted by molar-refractivity contribution is 7.11. The Morgan fingerprint density at radius 1 is 1.20 bits per heavy atom. The zero-order chi connectivity index (χ0) is 14.6. The van der Waals surface area contributed by atoms with E-state index in [1.807, 2.05) is 6.20 Å². The highest BCUT2D eigenvalue weighted by atomic mass is 32.1. The topological polar surface area (TPSA) is 49.3 Å². The maximum Gasteiger partial charge on any atom is 0.191 e. The molecular weight excluding hydrogens is 268 g/mol. The summed E-state index contributed by atoms with van der Waals surface area (Å²) < 4.78 is 0. The molecule has 1 heterocycles. The molecule has 1 aromatic heterocycles. The second-order valence-electron chi connectivity index (χ2n) is 4.76. The number of guanidine groups is 1. The van der Waals surface area contributed by atoms with Crippen LogP contribution in [0, 0.1) is 0 Å². The maximum absolute atomic E-state index is 4.59.